The Morgan fingerprint density at radius 3 is 2.54 bits per heavy atom. The lowest BCUT2D eigenvalue weighted by Crippen LogP contribution is -2.22. The lowest BCUT2D eigenvalue weighted by molar-refractivity contribution is -0.136. The molecule has 10 heteroatoms. The van der Waals surface area contributed by atoms with Crippen LogP contribution in [0.2, 0.25) is 31.0 Å². The maximum absolute atomic E-state index is 13.5. The van der Waals surface area contributed by atoms with Crippen molar-refractivity contribution in [3.05, 3.63) is 17.0 Å². The minimum atomic E-state index is -4.53. The van der Waals surface area contributed by atoms with Crippen LogP contribution in [0.4, 0.5) is 19.0 Å². The second-order valence-electron chi connectivity index (χ2n) is 7.32. The summed E-state index contributed by atoms with van der Waals surface area (Å²) in [6.45, 7) is 9.51. The van der Waals surface area contributed by atoms with Crippen LogP contribution in [0.25, 0.3) is 11.0 Å². The lowest BCUT2D eigenvalue weighted by Gasteiger charge is -2.15. The smallest absolute Gasteiger partial charge is 0.369 e. The second kappa shape index (κ2) is 8.14. The third-order valence-electron chi connectivity index (χ3n) is 3.76. The quantitative estimate of drug-likeness (QED) is 0.369. The summed E-state index contributed by atoms with van der Waals surface area (Å²) in [7, 11) is -1.28. The molecular formula is C16H24ClF3N4OSi. The summed E-state index contributed by atoms with van der Waals surface area (Å²) in [5.41, 5.74) is -0.680. The molecule has 146 valence electrons. The Hall–Kier alpha value is -1.32. The first-order valence-corrected chi connectivity index (χ1v) is 12.6. The number of aromatic nitrogens is 3. The van der Waals surface area contributed by atoms with Crippen molar-refractivity contribution in [2.24, 2.45) is 0 Å². The molecule has 0 atom stereocenters. The van der Waals surface area contributed by atoms with Gasteiger partial charge in [-0.1, -0.05) is 26.6 Å². The molecule has 5 nitrogen and oxygen atoms in total. The maximum Gasteiger partial charge on any atom is 0.418 e. The zero-order valence-electron chi connectivity index (χ0n) is 15.4. The highest BCUT2D eigenvalue weighted by atomic mass is 35.5. The fraction of sp³-hybridized carbons (Fsp3) is 0.625. The van der Waals surface area contributed by atoms with Crippen molar-refractivity contribution in [1.82, 2.24) is 14.5 Å². The van der Waals surface area contributed by atoms with Crippen molar-refractivity contribution in [3.8, 4) is 0 Å². The van der Waals surface area contributed by atoms with E-state index in [0.717, 1.165) is 18.7 Å². The molecule has 0 saturated carbocycles. The average molecular weight is 409 g/mol. The molecule has 0 bridgehead atoms. The Kier molecular flexibility index (Phi) is 6.57. The minimum Gasteiger partial charge on any atom is -0.369 e. The first-order valence-electron chi connectivity index (χ1n) is 8.48. The zero-order chi connectivity index (χ0) is 19.5. The fourth-order valence-electron chi connectivity index (χ4n) is 2.39. The van der Waals surface area contributed by atoms with Gasteiger partial charge in [0.1, 0.15) is 18.2 Å². The Balaban J connectivity index is 2.39. The predicted molar refractivity (Wildman–Crippen MR) is 100 cm³/mol. The molecule has 0 aliphatic carbocycles. The number of halogens is 4. The summed E-state index contributed by atoms with van der Waals surface area (Å²) in [6, 6.07) is 0.928. The van der Waals surface area contributed by atoms with Crippen LogP contribution >= 0.6 is 11.6 Å². The van der Waals surface area contributed by atoms with Gasteiger partial charge in [0, 0.05) is 27.4 Å². The SMILES string of the molecule is CCCNc1nc(Cl)nc2c1c(C(F)(F)F)cn2COCC[Si](C)(C)C. The average Bonchev–Trinajstić information content (AvgIpc) is 2.87. The Morgan fingerprint density at radius 1 is 1.27 bits per heavy atom. The molecule has 0 unspecified atom stereocenters. The number of alkyl halides is 3. The lowest BCUT2D eigenvalue weighted by atomic mass is 10.2. The highest BCUT2D eigenvalue weighted by Gasteiger charge is 2.36. The second-order valence-corrected chi connectivity index (χ2v) is 13.3. The van der Waals surface area contributed by atoms with Gasteiger partial charge in [0.05, 0.1) is 10.9 Å². The molecule has 2 heterocycles. The van der Waals surface area contributed by atoms with Gasteiger partial charge in [0.25, 0.3) is 0 Å². The minimum absolute atomic E-state index is 0.0163. The molecule has 1 N–H and O–H groups in total. The van der Waals surface area contributed by atoms with Gasteiger partial charge in [-0.15, -0.1) is 0 Å². The van der Waals surface area contributed by atoms with Crippen molar-refractivity contribution >= 4 is 36.5 Å². The molecule has 0 aliphatic rings. The summed E-state index contributed by atoms with van der Waals surface area (Å²) in [4.78, 5) is 7.96. The molecule has 0 spiro atoms. The van der Waals surface area contributed by atoms with Gasteiger partial charge in [-0.05, 0) is 24.1 Å². The summed E-state index contributed by atoms with van der Waals surface area (Å²) in [6.07, 6.45) is -2.77. The fourth-order valence-corrected chi connectivity index (χ4v) is 3.31. The molecule has 0 aromatic carbocycles. The van der Waals surface area contributed by atoms with E-state index in [4.69, 9.17) is 16.3 Å². The van der Waals surface area contributed by atoms with Crippen LogP contribution in [0, 0.1) is 0 Å². The molecule has 0 aliphatic heterocycles. The number of hydrogen-bond donors (Lipinski definition) is 1. The molecule has 2 rings (SSSR count). The van der Waals surface area contributed by atoms with Gasteiger partial charge in [0.15, 0.2) is 0 Å². The van der Waals surface area contributed by atoms with Crippen LogP contribution in [0.5, 0.6) is 0 Å². The van der Waals surface area contributed by atoms with Gasteiger partial charge < -0.3 is 14.6 Å². The maximum atomic E-state index is 13.5. The third kappa shape index (κ3) is 5.34. The van der Waals surface area contributed by atoms with E-state index in [1.807, 2.05) is 6.92 Å². The van der Waals surface area contributed by atoms with Crippen molar-refractivity contribution < 1.29 is 17.9 Å². The van der Waals surface area contributed by atoms with Crippen LogP contribution in [-0.4, -0.2) is 35.8 Å². The predicted octanol–water partition coefficient (Wildman–Crippen LogP) is 5.24. The van der Waals surface area contributed by atoms with Gasteiger partial charge in [-0.3, -0.25) is 0 Å². The van der Waals surface area contributed by atoms with Crippen LogP contribution in [-0.2, 0) is 17.6 Å². The summed E-state index contributed by atoms with van der Waals surface area (Å²) >= 11 is 5.93. The molecule has 0 radical (unpaired) electrons. The number of ether oxygens (including phenoxy) is 1. The molecular weight excluding hydrogens is 385 g/mol. The molecule has 0 saturated heterocycles. The van der Waals surface area contributed by atoms with E-state index < -0.39 is 19.8 Å². The van der Waals surface area contributed by atoms with Gasteiger partial charge in [-0.25, -0.2) is 4.98 Å². The number of fused-ring (bicyclic) bond motifs is 1. The Bertz CT molecular complexity index is 759. The summed E-state index contributed by atoms with van der Waals surface area (Å²) in [5.74, 6) is 0.0926. The van der Waals surface area contributed by atoms with Crippen LogP contribution in [0.1, 0.15) is 18.9 Å². The summed E-state index contributed by atoms with van der Waals surface area (Å²) in [5, 5.41) is 2.72. The van der Waals surface area contributed by atoms with E-state index in [2.05, 4.69) is 34.9 Å². The van der Waals surface area contributed by atoms with Crippen molar-refractivity contribution in [2.45, 2.75) is 51.9 Å². The number of hydrogen-bond acceptors (Lipinski definition) is 4. The number of anilines is 1. The van der Waals surface area contributed by atoms with Crippen LogP contribution < -0.4 is 5.32 Å². The molecule has 2 aromatic rings. The van der Waals surface area contributed by atoms with E-state index >= 15 is 0 Å². The van der Waals surface area contributed by atoms with Gasteiger partial charge >= 0.3 is 6.18 Å². The summed E-state index contributed by atoms with van der Waals surface area (Å²) < 4.78 is 47.5. The topological polar surface area (TPSA) is 52.0 Å². The van der Waals surface area contributed by atoms with E-state index in [1.165, 1.54) is 4.57 Å². The van der Waals surface area contributed by atoms with Crippen molar-refractivity contribution in [2.75, 3.05) is 18.5 Å². The standard InChI is InChI=1S/C16H24ClF3N4OSi/c1-5-6-21-13-12-11(16(18,19)20)9-24(14(12)23-15(17)22-13)10-25-7-8-26(2,3)4/h9H,5-8,10H2,1-4H3,(H,21,22,23). The van der Waals surface area contributed by atoms with E-state index in [-0.39, 0.29) is 28.9 Å². The van der Waals surface area contributed by atoms with Gasteiger partial charge in [-0.2, -0.15) is 18.2 Å². The van der Waals surface area contributed by atoms with Crippen molar-refractivity contribution in [1.29, 1.82) is 0 Å². The highest BCUT2D eigenvalue weighted by molar-refractivity contribution is 6.76. The molecule has 0 amide bonds. The zero-order valence-corrected chi connectivity index (χ0v) is 17.1. The highest BCUT2D eigenvalue weighted by Crippen LogP contribution is 2.38. The number of rotatable bonds is 8. The number of nitrogens with zero attached hydrogens (tertiary/aromatic N) is 3. The molecule has 0 fully saturated rings. The van der Waals surface area contributed by atoms with Gasteiger partial charge in [0.2, 0.25) is 5.28 Å². The first kappa shape index (κ1) is 21.0. The van der Waals surface area contributed by atoms with E-state index in [9.17, 15) is 13.2 Å². The molecule has 2 aromatic heterocycles. The largest absolute Gasteiger partial charge is 0.418 e. The monoisotopic (exact) mass is 408 g/mol. The third-order valence-corrected chi connectivity index (χ3v) is 5.64. The number of nitrogens with one attached hydrogen (secondary N) is 1. The van der Waals surface area contributed by atoms with E-state index in [1.54, 1.807) is 0 Å². The van der Waals surface area contributed by atoms with Crippen LogP contribution in [0.15, 0.2) is 6.20 Å². The van der Waals surface area contributed by atoms with E-state index in [0.29, 0.717) is 13.2 Å². The first-order chi connectivity index (χ1) is 12.0. The Labute approximate surface area is 156 Å². The normalized spacial score (nSPS) is 12.8. The Morgan fingerprint density at radius 2 is 1.96 bits per heavy atom. The van der Waals surface area contributed by atoms with Crippen molar-refractivity contribution in [3.63, 3.8) is 0 Å². The van der Waals surface area contributed by atoms with Crippen LogP contribution in [0.3, 0.4) is 0 Å². The molecule has 26 heavy (non-hydrogen) atoms.